The molecule has 0 amide bonds. The molecule has 66 valence electrons. The summed E-state index contributed by atoms with van der Waals surface area (Å²) in [5.41, 5.74) is 2.97. The largest absolute Gasteiger partial charge is 0.436 e. The summed E-state index contributed by atoms with van der Waals surface area (Å²) in [5, 5.41) is 12.1. The van der Waals surface area contributed by atoms with Gasteiger partial charge in [-0.05, 0) is 11.7 Å². The van der Waals surface area contributed by atoms with Crippen LogP contribution in [0.5, 0.6) is 0 Å². The number of hydrogen-bond acceptors (Lipinski definition) is 3. The zero-order chi connectivity index (χ0) is 8.85. The highest BCUT2D eigenvalue weighted by Crippen LogP contribution is 1.99. The monoisotopic (exact) mass is 158 g/mol. The summed E-state index contributed by atoms with van der Waals surface area (Å²) in [6.45, 7) is 9.06. The molecule has 0 aliphatic heterocycles. The number of hydrogen-bond donors (Lipinski definition) is 3. The number of hydrazine groups is 1. The third-order valence-corrected chi connectivity index (χ3v) is 1.39. The second-order valence-corrected chi connectivity index (χ2v) is 3.61. The zero-order valence-corrected chi connectivity index (χ0v) is 7.89. The minimum Gasteiger partial charge on any atom is -0.436 e. The van der Waals surface area contributed by atoms with Crippen molar-refractivity contribution in [2.24, 2.45) is 5.92 Å². The molecule has 0 aliphatic carbocycles. The lowest BCUT2D eigenvalue weighted by Crippen LogP contribution is -2.47. The van der Waals surface area contributed by atoms with Crippen molar-refractivity contribution in [2.75, 3.05) is 6.54 Å². The molecule has 0 aliphatic rings. The van der Waals surface area contributed by atoms with Crippen LogP contribution in [0.2, 0.25) is 5.82 Å². The maximum atomic E-state index is 9.27. The first kappa shape index (κ1) is 10.9. The first-order chi connectivity index (χ1) is 5.04. The van der Waals surface area contributed by atoms with E-state index < -0.39 is 7.05 Å². The number of nitrogens with one attached hydrogen (secondary N) is 2. The van der Waals surface area contributed by atoms with E-state index in [9.17, 15) is 5.02 Å². The van der Waals surface area contributed by atoms with Crippen LogP contribution in [0.3, 0.4) is 0 Å². The standard InChI is InChI=1S/C7H19BN2O/c1-6(2)5-9-10-8(11)7(3)4/h6-7,9-11H,5H2,1-4H3. The van der Waals surface area contributed by atoms with Crippen molar-refractivity contribution in [3.05, 3.63) is 0 Å². The van der Waals surface area contributed by atoms with Gasteiger partial charge < -0.3 is 5.02 Å². The van der Waals surface area contributed by atoms with Gasteiger partial charge in [-0.15, -0.1) is 0 Å². The van der Waals surface area contributed by atoms with Crippen molar-refractivity contribution >= 4 is 7.05 Å². The van der Waals surface area contributed by atoms with Gasteiger partial charge >= 0.3 is 7.05 Å². The van der Waals surface area contributed by atoms with Crippen LogP contribution in [0.4, 0.5) is 0 Å². The Hall–Kier alpha value is -0.0551. The molecule has 4 heteroatoms. The molecule has 0 aromatic heterocycles. The molecule has 0 saturated heterocycles. The van der Waals surface area contributed by atoms with Gasteiger partial charge in [0.05, 0.1) is 0 Å². The van der Waals surface area contributed by atoms with Crippen LogP contribution in [0, 0.1) is 5.92 Å². The molecule has 0 rings (SSSR count). The van der Waals surface area contributed by atoms with E-state index in [0.717, 1.165) is 6.54 Å². The molecule has 11 heavy (non-hydrogen) atoms. The molecule has 0 radical (unpaired) electrons. The molecule has 0 unspecified atom stereocenters. The van der Waals surface area contributed by atoms with Crippen molar-refractivity contribution in [2.45, 2.75) is 33.5 Å². The lowest BCUT2D eigenvalue weighted by molar-refractivity contribution is 0.471. The van der Waals surface area contributed by atoms with E-state index in [1.54, 1.807) is 0 Å². The Kier molecular flexibility index (Phi) is 5.55. The Morgan fingerprint density at radius 1 is 1.27 bits per heavy atom. The molecular formula is C7H19BN2O. The Bertz CT molecular complexity index is 98.4. The molecule has 0 bridgehead atoms. The summed E-state index contributed by atoms with van der Waals surface area (Å²) in [6, 6.07) is 0. The highest BCUT2D eigenvalue weighted by molar-refractivity contribution is 6.48. The fourth-order valence-electron chi connectivity index (χ4n) is 0.534. The third kappa shape index (κ3) is 6.35. The van der Waals surface area contributed by atoms with E-state index in [2.05, 4.69) is 24.6 Å². The molecule has 0 aromatic carbocycles. The first-order valence-electron chi connectivity index (χ1n) is 4.20. The summed E-state index contributed by atoms with van der Waals surface area (Å²) in [7, 11) is -0.450. The highest BCUT2D eigenvalue weighted by Gasteiger charge is 2.14. The molecule has 3 N–H and O–H groups in total. The van der Waals surface area contributed by atoms with Gasteiger partial charge in [0.15, 0.2) is 0 Å². The summed E-state index contributed by atoms with van der Waals surface area (Å²) in [5.74, 6) is 0.844. The Balaban J connectivity index is 3.24. The molecule has 0 heterocycles. The third-order valence-electron chi connectivity index (χ3n) is 1.39. The molecule has 0 spiro atoms. The number of rotatable bonds is 5. The van der Waals surface area contributed by atoms with Gasteiger partial charge in [-0.3, -0.25) is 10.8 Å². The fourth-order valence-corrected chi connectivity index (χ4v) is 0.534. The molecule has 0 atom stereocenters. The van der Waals surface area contributed by atoms with Crippen molar-refractivity contribution in [3.8, 4) is 0 Å². The Morgan fingerprint density at radius 3 is 2.18 bits per heavy atom. The van der Waals surface area contributed by atoms with Gasteiger partial charge in [-0.2, -0.15) is 0 Å². The van der Waals surface area contributed by atoms with E-state index in [1.165, 1.54) is 0 Å². The summed E-state index contributed by atoms with van der Waals surface area (Å²) in [4.78, 5) is 0. The van der Waals surface area contributed by atoms with Crippen LogP contribution < -0.4 is 10.8 Å². The predicted molar refractivity (Wildman–Crippen MR) is 49.0 cm³/mol. The normalized spacial score (nSPS) is 11.2. The van der Waals surface area contributed by atoms with Crippen LogP contribution in [0.15, 0.2) is 0 Å². The fraction of sp³-hybridized carbons (Fsp3) is 1.00. The van der Waals surface area contributed by atoms with Gasteiger partial charge in [0.1, 0.15) is 0 Å². The SMILES string of the molecule is CC(C)CNNB(O)C(C)C. The molecular weight excluding hydrogens is 139 g/mol. The van der Waals surface area contributed by atoms with Gasteiger partial charge in [-0.1, -0.05) is 27.7 Å². The summed E-state index contributed by atoms with van der Waals surface area (Å²) in [6.07, 6.45) is 0. The molecule has 3 nitrogen and oxygen atoms in total. The second kappa shape index (κ2) is 5.58. The average molecular weight is 158 g/mol. The Morgan fingerprint density at radius 2 is 1.82 bits per heavy atom. The van der Waals surface area contributed by atoms with Crippen molar-refractivity contribution < 1.29 is 5.02 Å². The van der Waals surface area contributed by atoms with Gasteiger partial charge in [-0.25, -0.2) is 0 Å². The molecule has 0 fully saturated rings. The van der Waals surface area contributed by atoms with Crippen LogP contribution in [-0.2, 0) is 0 Å². The maximum Gasteiger partial charge on any atom is 0.393 e. The lowest BCUT2D eigenvalue weighted by atomic mass is 9.71. The van der Waals surface area contributed by atoms with E-state index in [4.69, 9.17) is 0 Å². The van der Waals surface area contributed by atoms with Crippen LogP contribution >= 0.6 is 0 Å². The minimum atomic E-state index is -0.450. The quantitative estimate of drug-likeness (QED) is 0.406. The maximum absolute atomic E-state index is 9.27. The first-order valence-corrected chi connectivity index (χ1v) is 4.20. The predicted octanol–water partition coefficient (Wildman–Crippen LogP) is 0.627. The average Bonchev–Trinajstić information content (AvgIpc) is 1.86. The van der Waals surface area contributed by atoms with Gasteiger partial charge in [0.25, 0.3) is 0 Å². The smallest absolute Gasteiger partial charge is 0.393 e. The van der Waals surface area contributed by atoms with E-state index >= 15 is 0 Å². The summed E-state index contributed by atoms with van der Waals surface area (Å²) >= 11 is 0. The minimum absolute atomic E-state index is 0.245. The van der Waals surface area contributed by atoms with E-state index in [1.807, 2.05) is 13.8 Å². The lowest BCUT2D eigenvalue weighted by Gasteiger charge is -2.13. The van der Waals surface area contributed by atoms with Crippen LogP contribution in [-0.4, -0.2) is 18.6 Å². The molecule has 0 aromatic rings. The molecule has 0 saturated carbocycles. The second-order valence-electron chi connectivity index (χ2n) is 3.61. The highest BCUT2D eigenvalue weighted by atomic mass is 16.2. The van der Waals surface area contributed by atoms with E-state index in [-0.39, 0.29) is 5.82 Å². The Labute approximate surface area is 69.7 Å². The van der Waals surface area contributed by atoms with Crippen LogP contribution in [0.1, 0.15) is 27.7 Å². The van der Waals surface area contributed by atoms with Crippen LogP contribution in [0.25, 0.3) is 0 Å². The van der Waals surface area contributed by atoms with Gasteiger partial charge in [0, 0.05) is 6.54 Å². The van der Waals surface area contributed by atoms with Crippen molar-refractivity contribution in [1.29, 1.82) is 0 Å². The topological polar surface area (TPSA) is 44.3 Å². The van der Waals surface area contributed by atoms with Crippen molar-refractivity contribution in [3.63, 3.8) is 0 Å². The van der Waals surface area contributed by atoms with E-state index in [0.29, 0.717) is 5.92 Å². The van der Waals surface area contributed by atoms with Gasteiger partial charge in [0.2, 0.25) is 0 Å². The van der Waals surface area contributed by atoms with Crippen molar-refractivity contribution in [1.82, 2.24) is 10.8 Å². The zero-order valence-electron chi connectivity index (χ0n) is 7.89. The summed E-state index contributed by atoms with van der Waals surface area (Å²) < 4.78 is 0.